The van der Waals surface area contributed by atoms with Crippen LogP contribution in [0.4, 0.5) is 0 Å². The summed E-state index contributed by atoms with van der Waals surface area (Å²) in [6.45, 7) is 1.90. The fourth-order valence-electron chi connectivity index (χ4n) is 1.52. The van der Waals surface area contributed by atoms with Gasteiger partial charge in [-0.3, -0.25) is 4.68 Å². The van der Waals surface area contributed by atoms with Crippen LogP contribution < -0.4 is 4.74 Å². The highest BCUT2D eigenvalue weighted by Gasteiger charge is 2.05. The molecule has 0 aliphatic heterocycles. The van der Waals surface area contributed by atoms with E-state index in [1.54, 1.807) is 35.3 Å². The lowest BCUT2D eigenvalue weighted by atomic mass is 10.2. The topological polar surface area (TPSA) is 44.1 Å². The van der Waals surface area contributed by atoms with Gasteiger partial charge in [-0.2, -0.15) is 5.10 Å². The average Bonchev–Trinajstić information content (AvgIpc) is 2.77. The van der Waals surface area contributed by atoms with Crippen molar-refractivity contribution in [1.29, 1.82) is 0 Å². The molecule has 0 bridgehead atoms. The predicted molar refractivity (Wildman–Crippen MR) is 74.1 cm³/mol. The molecule has 0 spiro atoms. The lowest BCUT2D eigenvalue weighted by molar-refractivity contribution is -0.128. The van der Waals surface area contributed by atoms with Crippen molar-refractivity contribution in [1.82, 2.24) is 9.78 Å². The lowest BCUT2D eigenvalue weighted by Crippen LogP contribution is -2.04. The maximum atomic E-state index is 11.7. The van der Waals surface area contributed by atoms with Crippen molar-refractivity contribution in [2.75, 3.05) is 0 Å². The van der Waals surface area contributed by atoms with Crippen molar-refractivity contribution in [2.24, 2.45) is 7.05 Å². The Balaban J connectivity index is 2.05. The number of hydrogen-bond acceptors (Lipinski definition) is 3. The molecule has 4 nitrogen and oxygen atoms in total. The van der Waals surface area contributed by atoms with Crippen molar-refractivity contribution >= 4 is 23.6 Å². The van der Waals surface area contributed by atoms with Gasteiger partial charge in [0, 0.05) is 24.9 Å². The number of esters is 1. The first-order chi connectivity index (χ1) is 9.04. The number of aromatic nitrogens is 2. The first-order valence-corrected chi connectivity index (χ1v) is 6.07. The van der Waals surface area contributed by atoms with Gasteiger partial charge in [0.05, 0.1) is 11.2 Å². The van der Waals surface area contributed by atoms with Gasteiger partial charge in [0.1, 0.15) is 5.75 Å². The van der Waals surface area contributed by atoms with Gasteiger partial charge in [-0.25, -0.2) is 4.79 Å². The minimum Gasteiger partial charge on any atom is -0.422 e. The normalized spacial score (nSPS) is 10.9. The van der Waals surface area contributed by atoms with Crippen LogP contribution in [0.3, 0.4) is 0 Å². The molecule has 2 rings (SSSR count). The molecule has 5 heteroatoms. The molecule has 0 saturated carbocycles. The van der Waals surface area contributed by atoms with Crippen molar-refractivity contribution in [3.05, 3.63) is 52.8 Å². The van der Waals surface area contributed by atoms with E-state index in [9.17, 15) is 4.79 Å². The molecule has 19 heavy (non-hydrogen) atoms. The number of ether oxygens (including phenoxy) is 1. The molecule has 0 atom stereocenters. The second-order valence-electron chi connectivity index (χ2n) is 4.14. The fourth-order valence-corrected chi connectivity index (χ4v) is 1.68. The van der Waals surface area contributed by atoms with Crippen molar-refractivity contribution < 1.29 is 9.53 Å². The number of halogens is 1. The Kier molecular flexibility index (Phi) is 4.02. The van der Waals surface area contributed by atoms with Gasteiger partial charge >= 0.3 is 5.97 Å². The quantitative estimate of drug-likeness (QED) is 0.492. The SMILES string of the molecule is Cc1ccc(Cl)c(OC(=O)/C=C/c2cnn(C)c2)c1. The number of benzene rings is 1. The third-order valence-electron chi connectivity index (χ3n) is 2.43. The molecule has 98 valence electrons. The zero-order valence-corrected chi connectivity index (χ0v) is 11.4. The molecule has 0 aliphatic rings. The molecule has 1 aromatic heterocycles. The van der Waals surface area contributed by atoms with E-state index >= 15 is 0 Å². The highest BCUT2D eigenvalue weighted by atomic mass is 35.5. The van der Waals surface area contributed by atoms with E-state index in [1.165, 1.54) is 6.08 Å². The van der Waals surface area contributed by atoms with Gasteiger partial charge < -0.3 is 4.74 Å². The maximum Gasteiger partial charge on any atom is 0.336 e. The molecule has 0 aliphatic carbocycles. The first kappa shape index (κ1) is 13.4. The van der Waals surface area contributed by atoms with Crippen LogP contribution in [0.15, 0.2) is 36.7 Å². The van der Waals surface area contributed by atoms with E-state index in [1.807, 2.05) is 20.0 Å². The number of nitrogens with zero attached hydrogens (tertiary/aromatic N) is 2. The lowest BCUT2D eigenvalue weighted by Gasteiger charge is -2.04. The fraction of sp³-hybridized carbons (Fsp3) is 0.143. The van der Waals surface area contributed by atoms with Crippen LogP contribution in [0, 0.1) is 6.92 Å². The smallest absolute Gasteiger partial charge is 0.336 e. The molecule has 2 aromatic rings. The number of rotatable bonds is 3. The van der Waals surface area contributed by atoms with Gasteiger partial charge in [-0.15, -0.1) is 0 Å². The Morgan fingerprint density at radius 1 is 1.47 bits per heavy atom. The highest BCUT2D eigenvalue weighted by Crippen LogP contribution is 2.25. The number of carbonyl (C=O) groups is 1. The van der Waals surface area contributed by atoms with Gasteiger partial charge in [0.15, 0.2) is 0 Å². The standard InChI is InChI=1S/C14H13ClN2O2/c1-10-3-5-12(15)13(7-10)19-14(18)6-4-11-8-16-17(2)9-11/h3-9H,1-2H3/b6-4+. The van der Waals surface area contributed by atoms with Crippen LogP contribution in [0.2, 0.25) is 5.02 Å². The summed E-state index contributed by atoms with van der Waals surface area (Å²) >= 11 is 5.95. The van der Waals surface area contributed by atoms with Crippen LogP contribution in [0.25, 0.3) is 6.08 Å². The van der Waals surface area contributed by atoms with E-state index in [2.05, 4.69) is 5.10 Å². The highest BCUT2D eigenvalue weighted by molar-refractivity contribution is 6.32. The second-order valence-corrected chi connectivity index (χ2v) is 4.54. The number of carbonyl (C=O) groups excluding carboxylic acids is 1. The number of aryl methyl sites for hydroxylation is 2. The van der Waals surface area contributed by atoms with Crippen LogP contribution in [0.1, 0.15) is 11.1 Å². The molecule has 0 radical (unpaired) electrons. The summed E-state index contributed by atoms with van der Waals surface area (Å²) in [4.78, 5) is 11.7. The summed E-state index contributed by atoms with van der Waals surface area (Å²) in [6.07, 6.45) is 6.43. The Labute approximate surface area is 116 Å². The summed E-state index contributed by atoms with van der Waals surface area (Å²) in [5.74, 6) is -0.112. The van der Waals surface area contributed by atoms with Gasteiger partial charge in [-0.1, -0.05) is 17.7 Å². The Morgan fingerprint density at radius 2 is 2.26 bits per heavy atom. The molecule has 1 heterocycles. The second kappa shape index (κ2) is 5.71. The molecule has 0 N–H and O–H groups in total. The minimum absolute atomic E-state index is 0.363. The third-order valence-corrected chi connectivity index (χ3v) is 2.75. The molecule has 0 amide bonds. The van der Waals surface area contributed by atoms with Crippen molar-refractivity contribution in [3.8, 4) is 5.75 Å². The molecule has 1 aromatic carbocycles. The van der Waals surface area contributed by atoms with E-state index in [0.717, 1.165) is 11.1 Å². The zero-order chi connectivity index (χ0) is 13.8. The van der Waals surface area contributed by atoms with Crippen LogP contribution in [-0.2, 0) is 11.8 Å². The summed E-state index contributed by atoms with van der Waals surface area (Å²) < 4.78 is 6.82. The Morgan fingerprint density at radius 3 is 2.95 bits per heavy atom. The summed E-state index contributed by atoms with van der Waals surface area (Å²) in [5.41, 5.74) is 1.80. The molecular weight excluding hydrogens is 264 g/mol. The summed E-state index contributed by atoms with van der Waals surface area (Å²) in [5, 5.41) is 4.41. The molecule has 0 saturated heterocycles. The Bertz CT molecular complexity index is 632. The van der Waals surface area contributed by atoms with Crippen LogP contribution in [-0.4, -0.2) is 15.7 Å². The largest absolute Gasteiger partial charge is 0.422 e. The first-order valence-electron chi connectivity index (χ1n) is 5.69. The zero-order valence-electron chi connectivity index (χ0n) is 10.6. The Hall–Kier alpha value is -2.07. The van der Waals surface area contributed by atoms with Crippen molar-refractivity contribution in [2.45, 2.75) is 6.92 Å². The van der Waals surface area contributed by atoms with E-state index in [-0.39, 0.29) is 0 Å². The van der Waals surface area contributed by atoms with Gasteiger partial charge in [-0.05, 0) is 30.7 Å². The summed E-state index contributed by atoms with van der Waals surface area (Å²) in [7, 11) is 1.81. The molecule has 0 unspecified atom stereocenters. The van der Waals surface area contributed by atoms with E-state index in [0.29, 0.717) is 10.8 Å². The molecular formula is C14H13ClN2O2. The summed E-state index contributed by atoms with van der Waals surface area (Å²) in [6, 6.07) is 5.27. The molecule has 0 fully saturated rings. The van der Waals surface area contributed by atoms with Crippen molar-refractivity contribution in [3.63, 3.8) is 0 Å². The third kappa shape index (κ3) is 3.69. The van der Waals surface area contributed by atoms with E-state index < -0.39 is 5.97 Å². The minimum atomic E-state index is -0.476. The van der Waals surface area contributed by atoms with Gasteiger partial charge in [0.2, 0.25) is 0 Å². The van der Waals surface area contributed by atoms with Crippen LogP contribution in [0.5, 0.6) is 5.75 Å². The van der Waals surface area contributed by atoms with Gasteiger partial charge in [0.25, 0.3) is 0 Å². The predicted octanol–water partition coefficient (Wildman–Crippen LogP) is 3.00. The average molecular weight is 277 g/mol. The van der Waals surface area contributed by atoms with Crippen LogP contribution >= 0.6 is 11.6 Å². The number of hydrogen-bond donors (Lipinski definition) is 0. The van der Waals surface area contributed by atoms with E-state index in [4.69, 9.17) is 16.3 Å². The maximum absolute atomic E-state index is 11.7. The monoisotopic (exact) mass is 276 g/mol.